The zero-order valence-electron chi connectivity index (χ0n) is 10.8. The van der Waals surface area contributed by atoms with Crippen LogP contribution >= 0.6 is 15.9 Å². The lowest BCUT2D eigenvalue weighted by molar-refractivity contribution is -0.385. The molecule has 0 saturated carbocycles. The van der Waals surface area contributed by atoms with E-state index >= 15 is 0 Å². The van der Waals surface area contributed by atoms with Crippen LogP contribution < -0.4 is 4.74 Å². The Morgan fingerprint density at radius 1 is 1.29 bits per heavy atom. The van der Waals surface area contributed by atoms with Gasteiger partial charge < -0.3 is 4.74 Å². The maximum Gasteiger partial charge on any atom is 0.343 e. The molecule has 21 heavy (non-hydrogen) atoms. The first-order chi connectivity index (χ1) is 9.88. The van der Waals surface area contributed by atoms with E-state index in [1.54, 1.807) is 0 Å². The van der Waals surface area contributed by atoms with Gasteiger partial charge in [0.2, 0.25) is 0 Å². The quantitative estimate of drug-likeness (QED) is 0.361. The number of nitro benzene ring substituents is 1. The van der Waals surface area contributed by atoms with Crippen LogP contribution in [0.15, 0.2) is 40.9 Å². The molecule has 2 aromatic rings. The highest BCUT2D eigenvalue weighted by Gasteiger charge is 2.16. The number of esters is 1. The molecule has 0 heterocycles. The topological polar surface area (TPSA) is 69.4 Å². The number of halogens is 2. The number of hydrogen-bond donors (Lipinski definition) is 0. The van der Waals surface area contributed by atoms with Gasteiger partial charge in [0, 0.05) is 16.1 Å². The van der Waals surface area contributed by atoms with E-state index in [1.165, 1.54) is 43.3 Å². The van der Waals surface area contributed by atoms with Gasteiger partial charge in [0.1, 0.15) is 0 Å². The fourth-order valence-corrected chi connectivity index (χ4v) is 2.04. The van der Waals surface area contributed by atoms with Gasteiger partial charge in [-0.25, -0.2) is 9.18 Å². The smallest absolute Gasteiger partial charge is 0.343 e. The van der Waals surface area contributed by atoms with Crippen LogP contribution in [-0.4, -0.2) is 10.9 Å². The maximum absolute atomic E-state index is 13.6. The molecule has 2 aromatic carbocycles. The Labute approximate surface area is 127 Å². The zero-order valence-corrected chi connectivity index (χ0v) is 12.4. The highest BCUT2D eigenvalue weighted by Crippen LogP contribution is 2.24. The van der Waals surface area contributed by atoms with E-state index in [2.05, 4.69) is 15.9 Å². The van der Waals surface area contributed by atoms with Crippen molar-refractivity contribution in [3.63, 3.8) is 0 Å². The van der Waals surface area contributed by atoms with Gasteiger partial charge in [0.25, 0.3) is 5.69 Å². The Hall–Kier alpha value is -2.28. The van der Waals surface area contributed by atoms with Crippen molar-refractivity contribution in [3.8, 4) is 5.75 Å². The molecule has 0 aliphatic heterocycles. The molecule has 0 atom stereocenters. The molecule has 0 spiro atoms. The van der Waals surface area contributed by atoms with Gasteiger partial charge in [-0.05, 0) is 37.3 Å². The Morgan fingerprint density at radius 2 is 2.00 bits per heavy atom. The van der Waals surface area contributed by atoms with Crippen LogP contribution in [0.25, 0.3) is 0 Å². The molecule has 0 N–H and O–H groups in total. The van der Waals surface area contributed by atoms with Crippen molar-refractivity contribution in [2.45, 2.75) is 6.92 Å². The molecule has 108 valence electrons. The summed E-state index contributed by atoms with van der Waals surface area (Å²) in [6, 6.07) is 7.83. The highest BCUT2D eigenvalue weighted by atomic mass is 79.9. The van der Waals surface area contributed by atoms with Crippen LogP contribution in [0, 0.1) is 22.9 Å². The maximum atomic E-state index is 13.6. The van der Waals surface area contributed by atoms with Crippen molar-refractivity contribution in [1.29, 1.82) is 0 Å². The van der Waals surface area contributed by atoms with Crippen molar-refractivity contribution in [3.05, 3.63) is 67.9 Å². The molecule has 0 aliphatic carbocycles. The summed E-state index contributed by atoms with van der Waals surface area (Å²) in [5.74, 6) is -1.68. The Balaban J connectivity index is 2.24. The first-order valence-corrected chi connectivity index (χ1v) is 6.60. The molecule has 0 amide bonds. The molecule has 7 heteroatoms. The Morgan fingerprint density at radius 3 is 2.57 bits per heavy atom. The summed E-state index contributed by atoms with van der Waals surface area (Å²) in [5, 5.41) is 10.7. The van der Waals surface area contributed by atoms with E-state index < -0.39 is 16.7 Å². The number of ether oxygens (including phenoxy) is 1. The van der Waals surface area contributed by atoms with Gasteiger partial charge in [-0.15, -0.1) is 0 Å². The lowest BCUT2D eigenvalue weighted by atomic mass is 10.1. The molecule has 0 bridgehead atoms. The minimum absolute atomic E-state index is 0.0960. The number of hydrogen-bond acceptors (Lipinski definition) is 4. The fraction of sp³-hybridized carbons (Fsp3) is 0.0714. The number of carbonyl (C=O) groups excluding carboxylic acids is 1. The monoisotopic (exact) mass is 353 g/mol. The van der Waals surface area contributed by atoms with Crippen LogP contribution in [0.4, 0.5) is 10.1 Å². The minimum atomic E-state index is -0.783. The predicted octanol–water partition coefficient (Wildman–Crippen LogP) is 4.02. The normalized spacial score (nSPS) is 10.2. The van der Waals surface area contributed by atoms with Crippen LogP contribution in [-0.2, 0) is 0 Å². The second-order valence-corrected chi connectivity index (χ2v) is 5.14. The van der Waals surface area contributed by atoms with Gasteiger partial charge in [-0.3, -0.25) is 10.1 Å². The number of aryl methyl sites for hydroxylation is 1. The highest BCUT2D eigenvalue weighted by molar-refractivity contribution is 9.10. The van der Waals surface area contributed by atoms with Crippen molar-refractivity contribution < 1.29 is 18.8 Å². The Kier molecular flexibility index (Phi) is 4.32. The van der Waals surface area contributed by atoms with E-state index in [4.69, 9.17) is 4.74 Å². The zero-order chi connectivity index (χ0) is 15.6. The van der Waals surface area contributed by atoms with Crippen LogP contribution in [0.2, 0.25) is 0 Å². The molecule has 0 fully saturated rings. The molecule has 0 unspecified atom stereocenters. The van der Waals surface area contributed by atoms with Gasteiger partial charge in [0.15, 0.2) is 11.6 Å². The van der Waals surface area contributed by atoms with Gasteiger partial charge in [0.05, 0.1) is 10.5 Å². The van der Waals surface area contributed by atoms with Crippen LogP contribution in [0.3, 0.4) is 0 Å². The fourth-order valence-electron chi connectivity index (χ4n) is 1.70. The number of carbonyl (C=O) groups is 1. The third-order valence-electron chi connectivity index (χ3n) is 2.73. The lowest BCUT2D eigenvalue weighted by Crippen LogP contribution is -2.10. The van der Waals surface area contributed by atoms with E-state index in [9.17, 15) is 19.3 Å². The second-order valence-electron chi connectivity index (χ2n) is 4.22. The summed E-state index contributed by atoms with van der Waals surface area (Å²) in [4.78, 5) is 22.1. The van der Waals surface area contributed by atoms with Crippen molar-refractivity contribution in [2.75, 3.05) is 0 Å². The van der Waals surface area contributed by atoms with Gasteiger partial charge >= 0.3 is 5.97 Å². The molecule has 0 aromatic heterocycles. The number of benzene rings is 2. The number of nitrogens with zero attached hydrogens (tertiary/aromatic N) is 1. The van der Waals surface area contributed by atoms with Crippen molar-refractivity contribution in [2.24, 2.45) is 0 Å². The van der Waals surface area contributed by atoms with E-state index in [0.717, 1.165) is 0 Å². The average Bonchev–Trinajstić information content (AvgIpc) is 2.41. The molecule has 0 saturated heterocycles. The van der Waals surface area contributed by atoms with E-state index in [0.29, 0.717) is 10.0 Å². The van der Waals surface area contributed by atoms with E-state index in [-0.39, 0.29) is 17.0 Å². The first-order valence-electron chi connectivity index (χ1n) is 5.81. The summed E-state index contributed by atoms with van der Waals surface area (Å²) in [7, 11) is 0. The molecule has 5 nitrogen and oxygen atoms in total. The summed E-state index contributed by atoms with van der Waals surface area (Å²) >= 11 is 3.09. The molecular formula is C14H9BrFNO4. The summed E-state index contributed by atoms with van der Waals surface area (Å²) < 4.78 is 19.0. The summed E-state index contributed by atoms with van der Waals surface area (Å²) in [6.45, 7) is 1.51. The lowest BCUT2D eigenvalue weighted by Gasteiger charge is -2.06. The van der Waals surface area contributed by atoms with Crippen molar-refractivity contribution >= 4 is 27.6 Å². The summed E-state index contributed by atoms with van der Waals surface area (Å²) in [6.07, 6.45) is 0. The third kappa shape index (κ3) is 3.43. The minimum Gasteiger partial charge on any atom is -0.420 e. The SMILES string of the molecule is Cc1cc(C(=O)Oc2ccc(Br)cc2F)ccc1[N+](=O)[O-]. The van der Waals surface area contributed by atoms with Gasteiger partial charge in [-0.2, -0.15) is 0 Å². The summed E-state index contributed by atoms with van der Waals surface area (Å²) in [5.41, 5.74) is 0.340. The standard InChI is InChI=1S/C14H9BrFNO4/c1-8-6-9(2-4-12(8)17(19)20)14(18)21-13-5-3-10(15)7-11(13)16/h2-7H,1H3. The van der Waals surface area contributed by atoms with E-state index in [1.807, 2.05) is 0 Å². The Bertz CT molecular complexity index is 733. The van der Waals surface area contributed by atoms with Crippen molar-refractivity contribution in [1.82, 2.24) is 0 Å². The molecule has 2 rings (SSSR count). The van der Waals surface area contributed by atoms with Crippen LogP contribution in [0.1, 0.15) is 15.9 Å². The third-order valence-corrected chi connectivity index (χ3v) is 3.22. The predicted molar refractivity (Wildman–Crippen MR) is 76.9 cm³/mol. The molecule has 0 radical (unpaired) electrons. The number of rotatable bonds is 3. The molecule has 0 aliphatic rings. The average molecular weight is 354 g/mol. The second kappa shape index (κ2) is 6.01. The molecular weight excluding hydrogens is 345 g/mol. The van der Waals surface area contributed by atoms with Crippen LogP contribution in [0.5, 0.6) is 5.75 Å². The number of nitro groups is 1. The van der Waals surface area contributed by atoms with Gasteiger partial charge in [-0.1, -0.05) is 15.9 Å². The first kappa shape index (κ1) is 15.1. The largest absolute Gasteiger partial charge is 0.420 e.